The predicted molar refractivity (Wildman–Crippen MR) is 95.1 cm³/mol. The van der Waals surface area contributed by atoms with Crippen LogP contribution in [0, 0.1) is 24.0 Å². The molecule has 0 spiro atoms. The van der Waals surface area contributed by atoms with Crippen molar-refractivity contribution in [2.24, 2.45) is 0 Å². The molecule has 0 fully saturated rings. The van der Waals surface area contributed by atoms with Crippen molar-refractivity contribution in [3.63, 3.8) is 0 Å². The van der Waals surface area contributed by atoms with Gasteiger partial charge in [0, 0.05) is 29.0 Å². The smallest absolute Gasteiger partial charge is 0.270 e. The zero-order valence-electron chi connectivity index (χ0n) is 14.2. The third kappa shape index (κ3) is 3.06. The second kappa shape index (κ2) is 6.32. The standard InChI is InChI=1S/C19H17N3O3/c1-12-19(16-5-4-6-18(11-16)22(24)25)13(2)21(20-12)17-9-7-15(8-10-17)14(3)23/h4-11H,1-3H3. The number of ketones is 1. The highest BCUT2D eigenvalue weighted by Gasteiger charge is 2.17. The number of nitrogens with zero attached hydrogens (tertiary/aromatic N) is 3. The van der Waals surface area contributed by atoms with Gasteiger partial charge in [-0.3, -0.25) is 14.9 Å². The van der Waals surface area contributed by atoms with E-state index in [9.17, 15) is 14.9 Å². The Morgan fingerprint density at radius 1 is 1.12 bits per heavy atom. The van der Waals surface area contributed by atoms with E-state index in [2.05, 4.69) is 5.10 Å². The maximum absolute atomic E-state index is 11.4. The average molecular weight is 335 g/mol. The van der Waals surface area contributed by atoms with Crippen molar-refractivity contribution in [1.29, 1.82) is 0 Å². The van der Waals surface area contributed by atoms with Gasteiger partial charge in [-0.1, -0.05) is 12.1 Å². The van der Waals surface area contributed by atoms with Gasteiger partial charge in [-0.25, -0.2) is 4.68 Å². The largest absolute Gasteiger partial charge is 0.295 e. The summed E-state index contributed by atoms with van der Waals surface area (Å²) in [5.41, 5.74) is 4.83. The van der Waals surface area contributed by atoms with Gasteiger partial charge in [0.05, 0.1) is 16.3 Å². The molecule has 0 saturated carbocycles. The molecule has 0 unspecified atom stereocenters. The Kier molecular flexibility index (Phi) is 4.19. The number of carbonyl (C=O) groups is 1. The summed E-state index contributed by atoms with van der Waals surface area (Å²) in [5.74, 6) is 0.0113. The minimum atomic E-state index is -0.404. The van der Waals surface area contributed by atoms with E-state index in [1.165, 1.54) is 13.0 Å². The first-order chi connectivity index (χ1) is 11.9. The third-order valence-corrected chi connectivity index (χ3v) is 4.16. The molecule has 1 aromatic heterocycles. The SMILES string of the molecule is CC(=O)c1ccc(-n2nc(C)c(-c3cccc([N+](=O)[O-])c3)c2C)cc1. The number of Topliss-reactive ketones (excluding diaryl/α,β-unsaturated/α-hetero) is 1. The van der Waals surface area contributed by atoms with E-state index >= 15 is 0 Å². The maximum Gasteiger partial charge on any atom is 0.270 e. The summed E-state index contributed by atoms with van der Waals surface area (Å²) in [7, 11) is 0. The van der Waals surface area contributed by atoms with Crippen LogP contribution in [0.5, 0.6) is 0 Å². The van der Waals surface area contributed by atoms with Crippen LogP contribution in [-0.2, 0) is 0 Å². The van der Waals surface area contributed by atoms with Gasteiger partial charge in [0.1, 0.15) is 0 Å². The van der Waals surface area contributed by atoms with Crippen LogP contribution >= 0.6 is 0 Å². The summed E-state index contributed by atoms with van der Waals surface area (Å²) in [4.78, 5) is 22.0. The molecule has 0 amide bonds. The van der Waals surface area contributed by atoms with Gasteiger partial charge in [0.15, 0.2) is 5.78 Å². The summed E-state index contributed by atoms with van der Waals surface area (Å²) in [6.07, 6.45) is 0. The Labute approximate surface area is 144 Å². The molecule has 6 nitrogen and oxygen atoms in total. The number of aromatic nitrogens is 2. The quantitative estimate of drug-likeness (QED) is 0.405. The number of nitro benzene ring substituents is 1. The summed E-state index contributed by atoms with van der Waals surface area (Å²) in [6, 6.07) is 13.8. The van der Waals surface area contributed by atoms with Gasteiger partial charge in [0.25, 0.3) is 5.69 Å². The van der Waals surface area contributed by atoms with Crippen molar-refractivity contribution in [2.75, 3.05) is 0 Å². The van der Waals surface area contributed by atoms with Crippen LogP contribution in [-0.4, -0.2) is 20.5 Å². The summed E-state index contributed by atoms with van der Waals surface area (Å²) < 4.78 is 1.79. The van der Waals surface area contributed by atoms with Crippen LogP contribution in [0.4, 0.5) is 5.69 Å². The molecule has 3 aromatic rings. The number of hydrogen-bond donors (Lipinski definition) is 0. The molecule has 0 aliphatic rings. The monoisotopic (exact) mass is 335 g/mol. The number of nitro groups is 1. The molecule has 0 aliphatic heterocycles. The Balaban J connectivity index is 2.08. The lowest BCUT2D eigenvalue weighted by Crippen LogP contribution is -2.00. The number of non-ortho nitro benzene ring substituents is 1. The first-order valence-corrected chi connectivity index (χ1v) is 7.81. The van der Waals surface area contributed by atoms with Gasteiger partial charge in [-0.2, -0.15) is 5.10 Å². The lowest BCUT2D eigenvalue weighted by atomic mass is 10.0. The van der Waals surface area contributed by atoms with E-state index in [0.29, 0.717) is 5.56 Å². The minimum absolute atomic E-state index is 0.0113. The zero-order valence-corrected chi connectivity index (χ0v) is 14.2. The second-order valence-electron chi connectivity index (χ2n) is 5.87. The number of rotatable bonds is 4. The molecule has 0 atom stereocenters. The minimum Gasteiger partial charge on any atom is -0.295 e. The van der Waals surface area contributed by atoms with Crippen molar-refractivity contribution in [2.45, 2.75) is 20.8 Å². The van der Waals surface area contributed by atoms with Crippen LogP contribution in [0.1, 0.15) is 28.7 Å². The first kappa shape index (κ1) is 16.6. The van der Waals surface area contributed by atoms with Crippen LogP contribution in [0.3, 0.4) is 0 Å². The number of benzene rings is 2. The van der Waals surface area contributed by atoms with E-state index in [1.54, 1.807) is 28.9 Å². The number of hydrogen-bond acceptors (Lipinski definition) is 4. The molecule has 0 bridgehead atoms. The summed E-state index contributed by atoms with van der Waals surface area (Å²) in [6.45, 7) is 5.33. The fourth-order valence-corrected chi connectivity index (χ4v) is 2.92. The van der Waals surface area contributed by atoms with Gasteiger partial charge in [0.2, 0.25) is 0 Å². The van der Waals surface area contributed by atoms with Gasteiger partial charge in [-0.15, -0.1) is 0 Å². The maximum atomic E-state index is 11.4. The molecule has 25 heavy (non-hydrogen) atoms. The van der Waals surface area contributed by atoms with Crippen molar-refractivity contribution in [3.8, 4) is 16.8 Å². The van der Waals surface area contributed by atoms with Crippen molar-refractivity contribution in [1.82, 2.24) is 9.78 Å². The van der Waals surface area contributed by atoms with E-state index in [4.69, 9.17) is 0 Å². The van der Waals surface area contributed by atoms with Crippen LogP contribution in [0.2, 0.25) is 0 Å². The Morgan fingerprint density at radius 2 is 1.80 bits per heavy atom. The van der Waals surface area contributed by atoms with Gasteiger partial charge in [-0.05, 0) is 50.6 Å². The summed E-state index contributed by atoms with van der Waals surface area (Å²) >= 11 is 0. The Hall–Kier alpha value is -3.28. The first-order valence-electron chi connectivity index (χ1n) is 7.81. The van der Waals surface area contributed by atoms with E-state index in [0.717, 1.165) is 28.2 Å². The van der Waals surface area contributed by atoms with Crippen molar-refractivity contribution in [3.05, 3.63) is 75.6 Å². The van der Waals surface area contributed by atoms with Crippen LogP contribution < -0.4 is 0 Å². The molecule has 0 aliphatic carbocycles. The molecule has 6 heteroatoms. The molecular weight excluding hydrogens is 318 g/mol. The van der Waals surface area contributed by atoms with E-state index in [1.807, 2.05) is 32.0 Å². The molecular formula is C19H17N3O3. The van der Waals surface area contributed by atoms with E-state index < -0.39 is 4.92 Å². The van der Waals surface area contributed by atoms with E-state index in [-0.39, 0.29) is 11.5 Å². The highest BCUT2D eigenvalue weighted by atomic mass is 16.6. The fraction of sp³-hybridized carbons (Fsp3) is 0.158. The molecule has 0 radical (unpaired) electrons. The summed E-state index contributed by atoms with van der Waals surface area (Å²) in [5, 5.41) is 15.6. The predicted octanol–water partition coefficient (Wildman–Crippen LogP) is 4.27. The third-order valence-electron chi connectivity index (χ3n) is 4.16. The molecule has 126 valence electrons. The lowest BCUT2D eigenvalue weighted by Gasteiger charge is -2.06. The number of aryl methyl sites for hydroxylation is 1. The topological polar surface area (TPSA) is 78.0 Å². The second-order valence-corrected chi connectivity index (χ2v) is 5.87. The zero-order chi connectivity index (χ0) is 18.1. The molecule has 2 aromatic carbocycles. The van der Waals surface area contributed by atoms with Gasteiger partial charge < -0.3 is 0 Å². The average Bonchev–Trinajstić information content (AvgIpc) is 2.89. The highest BCUT2D eigenvalue weighted by molar-refractivity contribution is 5.94. The lowest BCUT2D eigenvalue weighted by molar-refractivity contribution is -0.384. The Morgan fingerprint density at radius 3 is 2.40 bits per heavy atom. The Bertz CT molecular complexity index is 972. The van der Waals surface area contributed by atoms with Gasteiger partial charge >= 0.3 is 0 Å². The molecule has 0 N–H and O–H groups in total. The molecule has 3 rings (SSSR count). The van der Waals surface area contributed by atoms with Crippen molar-refractivity contribution >= 4 is 11.5 Å². The molecule has 1 heterocycles. The van der Waals surface area contributed by atoms with Crippen LogP contribution in [0.25, 0.3) is 16.8 Å². The number of carbonyl (C=O) groups excluding carboxylic acids is 1. The van der Waals surface area contributed by atoms with Crippen LogP contribution in [0.15, 0.2) is 48.5 Å². The normalized spacial score (nSPS) is 10.7. The highest BCUT2D eigenvalue weighted by Crippen LogP contribution is 2.30. The fourth-order valence-electron chi connectivity index (χ4n) is 2.92. The molecule has 0 saturated heterocycles. The van der Waals surface area contributed by atoms with Crippen molar-refractivity contribution < 1.29 is 9.72 Å².